The van der Waals surface area contributed by atoms with Crippen LogP contribution < -0.4 is 0 Å². The van der Waals surface area contributed by atoms with Crippen molar-refractivity contribution in [1.82, 2.24) is 5.01 Å². The maximum absolute atomic E-state index is 5.89. The van der Waals surface area contributed by atoms with Crippen LogP contribution in [0.4, 0.5) is 0 Å². The fourth-order valence-corrected chi connectivity index (χ4v) is 2.49. The Morgan fingerprint density at radius 2 is 1.52 bits per heavy atom. The Morgan fingerprint density at radius 3 is 2.17 bits per heavy atom. The molecule has 2 aromatic rings. The van der Waals surface area contributed by atoms with Crippen molar-refractivity contribution in [2.24, 2.45) is 5.10 Å². The minimum Gasteiger partial charge on any atom is -0.600 e. The Labute approximate surface area is 147 Å². The molecule has 5 heteroatoms. The molecule has 0 spiro atoms. The molecule has 0 N–H and O–H groups in total. The Hall–Kier alpha value is -2.17. The van der Waals surface area contributed by atoms with E-state index in [1.165, 1.54) is 0 Å². The second-order valence-electron chi connectivity index (χ2n) is 5.22. The van der Waals surface area contributed by atoms with Crippen molar-refractivity contribution in [1.29, 1.82) is 0 Å². The molecule has 4 rings (SSSR count). The van der Waals surface area contributed by atoms with E-state index in [1.54, 1.807) is 5.01 Å². The number of hydrogen-bond acceptors (Lipinski definition) is 4. The number of hydrazone groups is 1. The van der Waals surface area contributed by atoms with Crippen LogP contribution in [0.3, 0.4) is 0 Å². The van der Waals surface area contributed by atoms with Crippen molar-refractivity contribution in [3.05, 3.63) is 84.3 Å². The summed E-state index contributed by atoms with van der Waals surface area (Å²) < 4.78 is 11.7. The predicted octanol–water partition coefficient (Wildman–Crippen LogP) is 3.58. The van der Waals surface area contributed by atoms with Gasteiger partial charge in [0.2, 0.25) is 5.90 Å². The largest absolute Gasteiger partial charge is 0.600 e. The van der Waals surface area contributed by atoms with Gasteiger partial charge in [0, 0.05) is 35.7 Å². The van der Waals surface area contributed by atoms with Crippen LogP contribution in [0.1, 0.15) is 18.1 Å². The molecule has 0 fully saturated rings. The van der Waals surface area contributed by atoms with Crippen LogP contribution in [0.5, 0.6) is 0 Å². The van der Waals surface area contributed by atoms with Crippen molar-refractivity contribution < 1.29 is 28.0 Å². The Balaban J connectivity index is 0.00000156. The van der Waals surface area contributed by atoms with E-state index in [0.717, 1.165) is 16.9 Å². The zero-order valence-electron chi connectivity index (χ0n) is 12.6. The number of rotatable bonds is 2. The molecule has 4 nitrogen and oxygen atoms in total. The fourth-order valence-electron chi connectivity index (χ4n) is 2.49. The Kier molecular flexibility index (Phi) is 4.46. The van der Waals surface area contributed by atoms with Gasteiger partial charge in [-0.05, 0) is 25.1 Å². The zero-order chi connectivity index (χ0) is 14.9. The van der Waals surface area contributed by atoms with Crippen molar-refractivity contribution in [3.8, 4) is 0 Å². The minimum atomic E-state index is 0. The third-order valence-corrected chi connectivity index (χ3v) is 3.62. The van der Waals surface area contributed by atoms with Crippen LogP contribution in [0.25, 0.3) is 5.76 Å². The van der Waals surface area contributed by atoms with Crippen LogP contribution in [-0.2, 0) is 28.0 Å². The molecule has 2 aliphatic rings. The first-order valence-corrected chi connectivity index (χ1v) is 7.24. The van der Waals surface area contributed by atoms with Crippen molar-refractivity contribution >= 4 is 11.7 Å². The molecule has 0 bridgehead atoms. The van der Waals surface area contributed by atoms with Crippen LogP contribution in [-0.4, -0.2) is 16.9 Å². The number of fused-ring (bicyclic) bond motifs is 1. The summed E-state index contributed by atoms with van der Waals surface area (Å²) in [7, 11) is 0. The van der Waals surface area contributed by atoms with E-state index >= 15 is 0 Å². The summed E-state index contributed by atoms with van der Waals surface area (Å²) in [5.74, 6) is 1.36. The molecule has 1 atom stereocenters. The number of hydrogen-bond donors (Lipinski definition) is 0. The van der Waals surface area contributed by atoms with E-state index < -0.39 is 0 Å². The van der Waals surface area contributed by atoms with Gasteiger partial charge in [0.05, 0.1) is 5.76 Å². The first-order chi connectivity index (χ1) is 10.8. The average molecular weight is 342 g/mol. The quantitative estimate of drug-likeness (QED) is 0.783. The predicted molar refractivity (Wildman–Crippen MR) is 84.1 cm³/mol. The van der Waals surface area contributed by atoms with Crippen LogP contribution in [0, 0.1) is 6.41 Å². The van der Waals surface area contributed by atoms with Gasteiger partial charge < -0.3 is 14.5 Å². The molecule has 2 aromatic carbocycles. The van der Waals surface area contributed by atoms with Gasteiger partial charge in [0.1, 0.15) is 6.41 Å². The second-order valence-corrected chi connectivity index (χ2v) is 5.22. The number of nitrogens with zero attached hydrogens (tertiary/aromatic N) is 2. The van der Waals surface area contributed by atoms with Gasteiger partial charge in [-0.15, -0.1) is 0 Å². The van der Waals surface area contributed by atoms with E-state index in [4.69, 9.17) is 9.47 Å². The fraction of sp³-hybridized carbons (Fsp3) is 0.111. The van der Waals surface area contributed by atoms with Gasteiger partial charge in [0.15, 0.2) is 0 Å². The normalized spacial score (nSPS) is 19.7. The SMILES string of the molecule is CC1C=C(c2ccccc2)O[C-]2OC(c3ccccc3)=NN21.[V]. The summed E-state index contributed by atoms with van der Waals surface area (Å²) in [5, 5.41) is 6.27. The molecular formula is C18H15N2O2V-. The summed E-state index contributed by atoms with van der Waals surface area (Å²) in [6.07, 6.45) is 2.45. The third kappa shape index (κ3) is 3.00. The zero-order valence-corrected chi connectivity index (χ0v) is 14.0. The second kappa shape index (κ2) is 6.53. The third-order valence-electron chi connectivity index (χ3n) is 3.62. The van der Waals surface area contributed by atoms with Crippen LogP contribution in [0.15, 0.2) is 71.8 Å². The Morgan fingerprint density at radius 1 is 0.913 bits per heavy atom. The van der Waals surface area contributed by atoms with Crippen LogP contribution in [0.2, 0.25) is 0 Å². The number of ether oxygens (including phenoxy) is 2. The monoisotopic (exact) mass is 342 g/mol. The average Bonchev–Trinajstić information content (AvgIpc) is 3.01. The van der Waals surface area contributed by atoms with Crippen molar-refractivity contribution in [2.45, 2.75) is 13.0 Å². The standard InChI is InChI=1S/C18H15N2O2.V/c1-13-12-16(14-8-4-2-5-9-14)21-18-20(13)19-17(22-18)15-10-6-3-7-11-15;/h2-13H,1H3;/q-1;. The van der Waals surface area contributed by atoms with Gasteiger partial charge in [-0.1, -0.05) is 48.5 Å². The molecule has 0 saturated heterocycles. The molecule has 0 saturated carbocycles. The number of benzene rings is 2. The summed E-state index contributed by atoms with van der Waals surface area (Å²) in [4.78, 5) is 0. The van der Waals surface area contributed by atoms with Gasteiger partial charge in [0.25, 0.3) is 0 Å². The van der Waals surface area contributed by atoms with E-state index in [9.17, 15) is 0 Å². The van der Waals surface area contributed by atoms with Crippen molar-refractivity contribution in [3.63, 3.8) is 0 Å². The molecule has 0 amide bonds. The molecule has 23 heavy (non-hydrogen) atoms. The van der Waals surface area contributed by atoms with Gasteiger partial charge >= 0.3 is 0 Å². The molecule has 0 aromatic heterocycles. The van der Waals surface area contributed by atoms with E-state index in [1.807, 2.05) is 66.7 Å². The van der Waals surface area contributed by atoms with Crippen LogP contribution >= 0.6 is 0 Å². The van der Waals surface area contributed by atoms with Gasteiger partial charge in [-0.2, -0.15) is 5.10 Å². The summed E-state index contributed by atoms with van der Waals surface area (Å²) in [6, 6.07) is 19.9. The minimum absolute atomic E-state index is 0. The topological polar surface area (TPSA) is 34.1 Å². The summed E-state index contributed by atoms with van der Waals surface area (Å²) in [5.41, 5.74) is 1.96. The maximum Gasteiger partial charge on any atom is 0.208 e. The molecule has 2 aliphatic heterocycles. The van der Waals surface area contributed by atoms with Crippen molar-refractivity contribution in [2.75, 3.05) is 0 Å². The molecule has 1 radical (unpaired) electrons. The summed E-state index contributed by atoms with van der Waals surface area (Å²) in [6.45, 7) is 2.06. The molecule has 0 aliphatic carbocycles. The first-order valence-electron chi connectivity index (χ1n) is 7.24. The maximum atomic E-state index is 5.89. The van der Waals surface area contributed by atoms with E-state index in [-0.39, 0.29) is 24.6 Å². The molecule has 1 unspecified atom stereocenters. The smallest absolute Gasteiger partial charge is 0.208 e. The Bertz CT molecular complexity index is 731. The molecule has 2 heterocycles. The van der Waals surface area contributed by atoms with E-state index in [0.29, 0.717) is 12.3 Å². The van der Waals surface area contributed by atoms with Gasteiger partial charge in [-0.3, -0.25) is 0 Å². The van der Waals surface area contributed by atoms with E-state index in [2.05, 4.69) is 12.0 Å². The molecule has 115 valence electrons. The van der Waals surface area contributed by atoms with Gasteiger partial charge in [-0.25, -0.2) is 0 Å². The first kappa shape index (κ1) is 15.7. The molecular weight excluding hydrogens is 327 g/mol. The summed E-state index contributed by atoms with van der Waals surface area (Å²) >= 11 is 0.